The van der Waals surface area contributed by atoms with Gasteiger partial charge in [0.1, 0.15) is 0 Å². The highest BCUT2D eigenvalue weighted by Crippen LogP contribution is 2.13. The molecule has 0 aliphatic heterocycles. The van der Waals surface area contributed by atoms with Crippen LogP contribution in [0.25, 0.3) is 0 Å². The molecular formula is C16H25NO3S. The smallest absolute Gasteiger partial charge is 0.230 e. The van der Waals surface area contributed by atoms with Crippen LogP contribution in [-0.2, 0) is 15.3 Å². The molecule has 0 spiro atoms. The third-order valence-electron chi connectivity index (χ3n) is 3.13. The molecule has 0 saturated heterocycles. The topological polar surface area (TPSA) is 58.6 Å². The second-order valence-electron chi connectivity index (χ2n) is 5.49. The van der Waals surface area contributed by atoms with E-state index < -0.39 is 5.60 Å². The summed E-state index contributed by atoms with van der Waals surface area (Å²) >= 11 is 1.57. The number of hydrogen-bond donors (Lipinski definition) is 2. The van der Waals surface area contributed by atoms with Gasteiger partial charge in [0, 0.05) is 32.4 Å². The maximum Gasteiger partial charge on any atom is 0.230 e. The molecule has 1 rings (SSSR count). The van der Waals surface area contributed by atoms with Gasteiger partial charge in [-0.15, -0.1) is 11.8 Å². The van der Waals surface area contributed by atoms with Gasteiger partial charge >= 0.3 is 0 Å². The van der Waals surface area contributed by atoms with E-state index in [4.69, 9.17) is 4.74 Å². The summed E-state index contributed by atoms with van der Waals surface area (Å²) in [6.45, 7) is 4.48. The molecule has 1 unspecified atom stereocenters. The molecule has 5 heteroatoms. The fourth-order valence-electron chi connectivity index (χ4n) is 1.70. The summed E-state index contributed by atoms with van der Waals surface area (Å²) in [7, 11) is 1.59. The zero-order chi connectivity index (χ0) is 15.7. The van der Waals surface area contributed by atoms with Crippen molar-refractivity contribution in [2.24, 2.45) is 0 Å². The lowest BCUT2D eigenvalue weighted by Gasteiger charge is -2.23. The zero-order valence-electron chi connectivity index (χ0n) is 13.0. The minimum atomic E-state index is -0.923. The summed E-state index contributed by atoms with van der Waals surface area (Å²) in [5, 5.41) is 12.8. The van der Waals surface area contributed by atoms with Gasteiger partial charge in [-0.1, -0.05) is 29.8 Å². The van der Waals surface area contributed by atoms with E-state index in [-0.39, 0.29) is 12.5 Å². The maximum atomic E-state index is 11.7. The SMILES string of the molecule is COCCC(C)(O)CNC(=O)CSCc1ccc(C)cc1. The van der Waals surface area contributed by atoms with Gasteiger partial charge in [0.25, 0.3) is 0 Å². The van der Waals surface area contributed by atoms with E-state index in [0.29, 0.717) is 18.8 Å². The molecule has 0 aromatic heterocycles. The predicted molar refractivity (Wildman–Crippen MR) is 87.5 cm³/mol. The highest BCUT2D eigenvalue weighted by Gasteiger charge is 2.20. The van der Waals surface area contributed by atoms with Crippen LogP contribution in [0.1, 0.15) is 24.5 Å². The molecule has 0 heterocycles. The van der Waals surface area contributed by atoms with Crippen LogP contribution in [0.4, 0.5) is 0 Å². The third-order valence-corrected chi connectivity index (χ3v) is 4.14. The van der Waals surface area contributed by atoms with Crippen LogP contribution < -0.4 is 5.32 Å². The second kappa shape index (κ2) is 9.07. The molecule has 0 radical (unpaired) electrons. The first kappa shape index (κ1) is 18.0. The van der Waals surface area contributed by atoms with Crippen molar-refractivity contribution in [2.75, 3.05) is 26.0 Å². The van der Waals surface area contributed by atoms with Crippen LogP contribution in [-0.4, -0.2) is 42.6 Å². The first-order valence-corrected chi connectivity index (χ1v) is 8.20. The minimum absolute atomic E-state index is 0.0511. The van der Waals surface area contributed by atoms with Gasteiger partial charge in [-0.2, -0.15) is 0 Å². The highest BCUT2D eigenvalue weighted by molar-refractivity contribution is 7.99. The average Bonchev–Trinajstić information content (AvgIpc) is 2.45. The number of benzene rings is 1. The zero-order valence-corrected chi connectivity index (χ0v) is 13.8. The Kier molecular flexibility index (Phi) is 7.78. The fourth-order valence-corrected chi connectivity index (χ4v) is 2.51. The predicted octanol–water partition coefficient (Wildman–Crippen LogP) is 2.13. The summed E-state index contributed by atoms with van der Waals surface area (Å²) < 4.78 is 4.93. The van der Waals surface area contributed by atoms with E-state index in [1.54, 1.807) is 25.8 Å². The number of methoxy groups -OCH3 is 1. The minimum Gasteiger partial charge on any atom is -0.388 e. The van der Waals surface area contributed by atoms with Crippen molar-refractivity contribution < 1.29 is 14.6 Å². The van der Waals surface area contributed by atoms with Crippen molar-refractivity contribution in [3.8, 4) is 0 Å². The number of amides is 1. The van der Waals surface area contributed by atoms with E-state index in [0.717, 1.165) is 5.75 Å². The molecule has 0 saturated carbocycles. The number of aryl methyl sites for hydroxylation is 1. The van der Waals surface area contributed by atoms with Crippen molar-refractivity contribution in [1.82, 2.24) is 5.32 Å². The number of ether oxygens (including phenoxy) is 1. The lowest BCUT2D eigenvalue weighted by atomic mass is 10.0. The Morgan fingerprint density at radius 3 is 2.67 bits per heavy atom. The molecule has 2 N–H and O–H groups in total. The summed E-state index contributed by atoms with van der Waals surface area (Å²) in [6.07, 6.45) is 0.500. The van der Waals surface area contributed by atoms with Gasteiger partial charge in [0.05, 0.1) is 11.4 Å². The van der Waals surface area contributed by atoms with E-state index in [2.05, 4.69) is 36.5 Å². The molecule has 1 amide bonds. The van der Waals surface area contributed by atoms with E-state index >= 15 is 0 Å². The Labute approximate surface area is 131 Å². The molecule has 0 bridgehead atoms. The Morgan fingerprint density at radius 2 is 2.05 bits per heavy atom. The van der Waals surface area contributed by atoms with Crippen molar-refractivity contribution in [3.63, 3.8) is 0 Å². The molecule has 118 valence electrons. The lowest BCUT2D eigenvalue weighted by Crippen LogP contribution is -2.42. The molecule has 0 fully saturated rings. The van der Waals surface area contributed by atoms with Crippen molar-refractivity contribution in [2.45, 2.75) is 31.6 Å². The van der Waals surface area contributed by atoms with Gasteiger partial charge in [-0.3, -0.25) is 4.79 Å². The van der Waals surface area contributed by atoms with Gasteiger partial charge in [0.2, 0.25) is 5.91 Å². The second-order valence-corrected chi connectivity index (χ2v) is 6.48. The highest BCUT2D eigenvalue weighted by atomic mass is 32.2. The number of carbonyl (C=O) groups is 1. The summed E-state index contributed by atoms with van der Waals surface area (Å²) in [5.74, 6) is 1.16. The van der Waals surface area contributed by atoms with Crippen molar-refractivity contribution in [3.05, 3.63) is 35.4 Å². The van der Waals surface area contributed by atoms with Crippen LogP contribution in [0.3, 0.4) is 0 Å². The third kappa shape index (κ3) is 8.09. The number of nitrogens with one attached hydrogen (secondary N) is 1. The van der Waals surface area contributed by atoms with Gasteiger partial charge in [-0.05, 0) is 19.4 Å². The fraction of sp³-hybridized carbons (Fsp3) is 0.562. The maximum absolute atomic E-state index is 11.7. The number of carbonyl (C=O) groups excluding carboxylic acids is 1. The van der Waals surface area contributed by atoms with Crippen LogP contribution in [0.2, 0.25) is 0 Å². The van der Waals surface area contributed by atoms with Crippen LogP contribution in [0.5, 0.6) is 0 Å². The summed E-state index contributed by atoms with van der Waals surface area (Å²) in [6, 6.07) is 8.30. The normalized spacial score (nSPS) is 13.7. The van der Waals surface area contributed by atoms with Gasteiger partial charge in [-0.25, -0.2) is 0 Å². The first-order chi connectivity index (χ1) is 9.93. The molecule has 1 atom stereocenters. The Morgan fingerprint density at radius 1 is 1.38 bits per heavy atom. The number of aliphatic hydroxyl groups is 1. The van der Waals surface area contributed by atoms with Crippen molar-refractivity contribution >= 4 is 17.7 Å². The van der Waals surface area contributed by atoms with Crippen LogP contribution >= 0.6 is 11.8 Å². The molecule has 1 aromatic carbocycles. The number of thioether (sulfide) groups is 1. The van der Waals surface area contributed by atoms with E-state index in [1.807, 2.05) is 0 Å². The lowest BCUT2D eigenvalue weighted by molar-refractivity contribution is -0.119. The first-order valence-electron chi connectivity index (χ1n) is 7.04. The molecule has 4 nitrogen and oxygen atoms in total. The number of rotatable bonds is 9. The quantitative estimate of drug-likeness (QED) is 0.733. The van der Waals surface area contributed by atoms with Crippen LogP contribution in [0, 0.1) is 6.92 Å². The number of hydrogen-bond acceptors (Lipinski definition) is 4. The standard InChI is InChI=1S/C16H25NO3S/c1-13-4-6-14(7-5-13)10-21-11-15(18)17-12-16(2,19)8-9-20-3/h4-7,19H,8-12H2,1-3H3,(H,17,18). The summed E-state index contributed by atoms with van der Waals surface area (Å²) in [5.41, 5.74) is 1.53. The van der Waals surface area contributed by atoms with E-state index in [9.17, 15) is 9.90 Å². The summed E-state index contributed by atoms with van der Waals surface area (Å²) in [4.78, 5) is 11.7. The Hall–Kier alpha value is -1.04. The molecule has 0 aliphatic carbocycles. The van der Waals surface area contributed by atoms with Crippen molar-refractivity contribution in [1.29, 1.82) is 0 Å². The Bertz CT molecular complexity index is 432. The monoisotopic (exact) mass is 311 g/mol. The van der Waals surface area contributed by atoms with Crippen LogP contribution in [0.15, 0.2) is 24.3 Å². The largest absolute Gasteiger partial charge is 0.388 e. The van der Waals surface area contributed by atoms with Gasteiger partial charge in [0.15, 0.2) is 0 Å². The average molecular weight is 311 g/mol. The van der Waals surface area contributed by atoms with Gasteiger partial charge < -0.3 is 15.2 Å². The molecule has 1 aromatic rings. The molecular weight excluding hydrogens is 286 g/mol. The molecule has 21 heavy (non-hydrogen) atoms. The van der Waals surface area contributed by atoms with E-state index in [1.165, 1.54) is 11.1 Å². The molecule has 0 aliphatic rings. The Balaban J connectivity index is 2.20.